The smallest absolute Gasteiger partial charge is 0.328 e. The molecule has 2 unspecified atom stereocenters. The first-order chi connectivity index (χ1) is 10.3. The van der Waals surface area contributed by atoms with Crippen LogP contribution in [0.2, 0.25) is 0 Å². The van der Waals surface area contributed by atoms with Gasteiger partial charge in [-0.2, -0.15) is 0 Å². The summed E-state index contributed by atoms with van der Waals surface area (Å²) in [5.41, 5.74) is 8.02. The van der Waals surface area contributed by atoms with Gasteiger partial charge in [-0.1, -0.05) is 6.92 Å². The van der Waals surface area contributed by atoms with Crippen LogP contribution in [-0.4, -0.2) is 29.2 Å². The van der Waals surface area contributed by atoms with Crippen molar-refractivity contribution in [2.45, 2.75) is 52.2 Å². The van der Waals surface area contributed by atoms with Gasteiger partial charge in [-0.15, -0.1) is 0 Å². The Morgan fingerprint density at radius 1 is 1.41 bits per heavy atom. The van der Waals surface area contributed by atoms with Crippen LogP contribution in [0, 0.1) is 6.92 Å². The van der Waals surface area contributed by atoms with Crippen LogP contribution in [0.1, 0.15) is 38.7 Å². The minimum atomic E-state index is -0.948. The molecule has 0 aliphatic heterocycles. The van der Waals surface area contributed by atoms with Crippen molar-refractivity contribution in [3.05, 3.63) is 23.8 Å². The first-order valence-corrected chi connectivity index (χ1v) is 7.38. The number of aliphatic carboxylic acids is 1. The van der Waals surface area contributed by atoms with E-state index < -0.39 is 18.0 Å². The van der Waals surface area contributed by atoms with Crippen molar-refractivity contribution >= 4 is 23.3 Å². The topological polar surface area (TPSA) is 102 Å². The quantitative estimate of drug-likeness (QED) is 0.504. The Morgan fingerprint density at radius 3 is 2.64 bits per heavy atom. The summed E-state index contributed by atoms with van der Waals surface area (Å²) >= 11 is 0. The molecule has 1 rings (SSSR count). The minimum absolute atomic E-state index is 0.110. The number of aryl methyl sites for hydroxylation is 1. The molecule has 4 N–H and O–H groups in total. The molecular formula is C16H24N2O4. The second-order valence-corrected chi connectivity index (χ2v) is 5.36. The van der Waals surface area contributed by atoms with Crippen LogP contribution in [0.5, 0.6) is 0 Å². The van der Waals surface area contributed by atoms with Crippen LogP contribution < -0.4 is 11.1 Å². The predicted molar refractivity (Wildman–Crippen MR) is 85.7 cm³/mol. The van der Waals surface area contributed by atoms with Gasteiger partial charge in [0, 0.05) is 17.8 Å². The van der Waals surface area contributed by atoms with Crippen molar-refractivity contribution in [2.24, 2.45) is 0 Å². The lowest BCUT2D eigenvalue weighted by atomic mass is 10.1. The van der Waals surface area contributed by atoms with Crippen LogP contribution in [0.4, 0.5) is 11.4 Å². The molecule has 0 aliphatic rings. The molecular weight excluding hydrogens is 284 g/mol. The predicted octanol–water partition coefficient (Wildman–Crippen LogP) is 2.56. The highest BCUT2D eigenvalue weighted by Gasteiger charge is 2.22. The Kier molecular flexibility index (Phi) is 6.69. The van der Waals surface area contributed by atoms with Gasteiger partial charge in [0.2, 0.25) is 0 Å². The molecule has 1 aromatic rings. The van der Waals surface area contributed by atoms with Crippen LogP contribution >= 0.6 is 0 Å². The molecule has 0 heterocycles. The van der Waals surface area contributed by atoms with Gasteiger partial charge in [-0.05, 0) is 50.5 Å². The molecule has 0 bridgehead atoms. The number of carbonyl (C=O) groups excluding carboxylic acids is 1. The molecule has 0 spiro atoms. The van der Waals surface area contributed by atoms with Gasteiger partial charge in [0.1, 0.15) is 6.04 Å². The summed E-state index contributed by atoms with van der Waals surface area (Å²) in [7, 11) is 0. The van der Waals surface area contributed by atoms with E-state index in [9.17, 15) is 9.59 Å². The van der Waals surface area contributed by atoms with Crippen LogP contribution in [-0.2, 0) is 14.3 Å². The number of nitrogen functional groups attached to an aromatic ring is 1. The standard InChI is InChI=1S/C16H24N2O4/c1-4-11(3)22-16(21)14(7-8-15(19)20)18-12-5-6-13(17)10(2)9-12/h5-6,9,11,14,18H,4,7-8,17H2,1-3H3,(H,19,20). The fourth-order valence-corrected chi connectivity index (χ4v) is 1.85. The van der Waals surface area contributed by atoms with Crippen molar-refractivity contribution < 1.29 is 19.4 Å². The van der Waals surface area contributed by atoms with Crippen LogP contribution in [0.15, 0.2) is 18.2 Å². The van der Waals surface area contributed by atoms with Crippen molar-refractivity contribution in [1.82, 2.24) is 0 Å². The third-order valence-corrected chi connectivity index (χ3v) is 3.43. The highest BCUT2D eigenvalue weighted by atomic mass is 16.5. The maximum Gasteiger partial charge on any atom is 0.328 e. The zero-order chi connectivity index (χ0) is 16.7. The van der Waals surface area contributed by atoms with Gasteiger partial charge in [0.15, 0.2) is 0 Å². The number of hydrogen-bond acceptors (Lipinski definition) is 5. The Labute approximate surface area is 130 Å². The first kappa shape index (κ1) is 17.8. The number of nitrogens with two attached hydrogens (primary N) is 1. The number of esters is 1. The van der Waals surface area contributed by atoms with Crippen molar-refractivity contribution in [2.75, 3.05) is 11.1 Å². The molecule has 0 fully saturated rings. The number of benzene rings is 1. The Bertz CT molecular complexity index is 531. The monoisotopic (exact) mass is 308 g/mol. The molecule has 6 heteroatoms. The second kappa shape index (κ2) is 8.26. The van der Waals surface area contributed by atoms with Gasteiger partial charge < -0.3 is 20.9 Å². The van der Waals surface area contributed by atoms with Gasteiger partial charge in [-0.25, -0.2) is 4.79 Å². The number of hydrogen-bond donors (Lipinski definition) is 3. The molecule has 122 valence electrons. The average Bonchev–Trinajstić information content (AvgIpc) is 2.46. The van der Waals surface area contributed by atoms with E-state index in [1.807, 2.05) is 19.9 Å². The van der Waals surface area contributed by atoms with Crippen molar-refractivity contribution in [1.29, 1.82) is 0 Å². The van der Waals surface area contributed by atoms with Crippen molar-refractivity contribution in [3.8, 4) is 0 Å². The lowest BCUT2D eigenvalue weighted by Gasteiger charge is -2.21. The van der Waals surface area contributed by atoms with Gasteiger partial charge in [0.25, 0.3) is 0 Å². The van der Waals surface area contributed by atoms with Crippen molar-refractivity contribution in [3.63, 3.8) is 0 Å². The summed E-state index contributed by atoms with van der Waals surface area (Å²) in [6.07, 6.45) is 0.558. The maximum atomic E-state index is 12.2. The van der Waals surface area contributed by atoms with Gasteiger partial charge in [-0.3, -0.25) is 4.79 Å². The maximum absolute atomic E-state index is 12.2. The van der Waals surface area contributed by atoms with E-state index >= 15 is 0 Å². The summed E-state index contributed by atoms with van der Waals surface area (Å²) in [6.45, 7) is 5.59. The third-order valence-electron chi connectivity index (χ3n) is 3.43. The van der Waals surface area contributed by atoms with E-state index in [4.69, 9.17) is 15.6 Å². The number of nitrogens with one attached hydrogen (secondary N) is 1. The number of carbonyl (C=O) groups is 2. The fraction of sp³-hybridized carbons (Fsp3) is 0.500. The van der Waals surface area contributed by atoms with E-state index in [1.54, 1.807) is 19.1 Å². The Hall–Kier alpha value is -2.24. The van der Waals surface area contributed by atoms with Gasteiger partial charge in [0.05, 0.1) is 6.10 Å². The number of rotatable bonds is 8. The summed E-state index contributed by atoms with van der Waals surface area (Å²) < 4.78 is 5.30. The normalized spacial score (nSPS) is 13.2. The van der Waals surface area contributed by atoms with E-state index in [0.717, 1.165) is 5.56 Å². The Morgan fingerprint density at radius 2 is 2.09 bits per heavy atom. The van der Waals surface area contributed by atoms with Crippen LogP contribution in [0.3, 0.4) is 0 Å². The lowest BCUT2D eigenvalue weighted by Crippen LogP contribution is -2.34. The molecule has 0 amide bonds. The van der Waals surface area contributed by atoms with E-state index in [0.29, 0.717) is 17.8 Å². The van der Waals surface area contributed by atoms with E-state index in [-0.39, 0.29) is 18.9 Å². The molecule has 0 radical (unpaired) electrons. The van der Waals surface area contributed by atoms with E-state index in [1.165, 1.54) is 0 Å². The number of anilines is 2. The number of carboxylic acids is 1. The molecule has 0 saturated heterocycles. The Balaban J connectivity index is 2.81. The molecule has 0 saturated carbocycles. The second-order valence-electron chi connectivity index (χ2n) is 5.36. The fourth-order valence-electron chi connectivity index (χ4n) is 1.85. The summed E-state index contributed by atoms with van der Waals surface area (Å²) in [5, 5.41) is 11.9. The summed E-state index contributed by atoms with van der Waals surface area (Å²) in [5.74, 6) is -1.39. The summed E-state index contributed by atoms with van der Waals surface area (Å²) in [6, 6.07) is 4.62. The zero-order valence-corrected chi connectivity index (χ0v) is 13.3. The van der Waals surface area contributed by atoms with Crippen LogP contribution in [0.25, 0.3) is 0 Å². The first-order valence-electron chi connectivity index (χ1n) is 7.38. The average molecular weight is 308 g/mol. The van der Waals surface area contributed by atoms with E-state index in [2.05, 4.69) is 5.32 Å². The largest absolute Gasteiger partial charge is 0.481 e. The molecule has 6 nitrogen and oxygen atoms in total. The zero-order valence-electron chi connectivity index (χ0n) is 13.3. The molecule has 22 heavy (non-hydrogen) atoms. The molecule has 1 aromatic carbocycles. The highest BCUT2D eigenvalue weighted by molar-refractivity contribution is 5.80. The molecule has 2 atom stereocenters. The van der Waals surface area contributed by atoms with Gasteiger partial charge >= 0.3 is 11.9 Å². The lowest BCUT2D eigenvalue weighted by molar-refractivity contribution is -0.149. The number of ether oxygens (including phenoxy) is 1. The third kappa shape index (κ3) is 5.63. The molecule has 0 aliphatic carbocycles. The summed E-state index contributed by atoms with van der Waals surface area (Å²) in [4.78, 5) is 22.9. The SMILES string of the molecule is CCC(C)OC(=O)C(CCC(=O)O)Nc1ccc(N)c(C)c1. The highest BCUT2D eigenvalue weighted by Crippen LogP contribution is 2.19. The molecule has 0 aromatic heterocycles. The number of carboxylic acid groups (broad SMARTS) is 1. The minimum Gasteiger partial charge on any atom is -0.481 e.